The van der Waals surface area contributed by atoms with Crippen molar-refractivity contribution in [2.45, 2.75) is 44.3 Å². The Kier molecular flexibility index (Phi) is 4.80. The lowest BCUT2D eigenvalue weighted by atomic mass is 9.95. The fourth-order valence-electron chi connectivity index (χ4n) is 2.37. The second kappa shape index (κ2) is 6.28. The van der Waals surface area contributed by atoms with Gasteiger partial charge in [-0.1, -0.05) is 19.1 Å². The van der Waals surface area contributed by atoms with Crippen LogP contribution in [0.1, 0.15) is 37.3 Å². The molecule has 1 saturated carbocycles. The summed E-state index contributed by atoms with van der Waals surface area (Å²) in [6, 6.07) is 4.90. The van der Waals surface area contributed by atoms with Crippen molar-refractivity contribution >= 4 is 5.91 Å². The molecule has 3 nitrogen and oxygen atoms in total. The highest BCUT2D eigenvalue weighted by Gasteiger charge is 2.44. The Labute approximate surface area is 127 Å². The van der Waals surface area contributed by atoms with Crippen molar-refractivity contribution in [2.24, 2.45) is 5.92 Å². The van der Waals surface area contributed by atoms with E-state index in [1.807, 2.05) is 6.92 Å². The summed E-state index contributed by atoms with van der Waals surface area (Å²) in [5.74, 6) is -0.449. The van der Waals surface area contributed by atoms with Gasteiger partial charge in [0.25, 0.3) is 0 Å². The van der Waals surface area contributed by atoms with Gasteiger partial charge in [0, 0.05) is 5.92 Å². The van der Waals surface area contributed by atoms with E-state index in [0.29, 0.717) is 18.4 Å². The van der Waals surface area contributed by atoms with Crippen LogP contribution in [0.3, 0.4) is 0 Å². The van der Waals surface area contributed by atoms with Crippen molar-refractivity contribution in [2.75, 3.05) is 6.61 Å². The van der Waals surface area contributed by atoms with Crippen molar-refractivity contribution in [1.29, 1.82) is 0 Å². The Morgan fingerprint density at radius 1 is 1.32 bits per heavy atom. The zero-order valence-corrected chi connectivity index (χ0v) is 12.4. The average Bonchev–Trinajstić information content (AvgIpc) is 3.24. The molecule has 6 heteroatoms. The van der Waals surface area contributed by atoms with Crippen LogP contribution in [0.2, 0.25) is 0 Å². The molecule has 0 saturated heterocycles. The molecule has 22 heavy (non-hydrogen) atoms. The molecule has 1 aromatic rings. The van der Waals surface area contributed by atoms with Crippen LogP contribution in [0, 0.1) is 5.92 Å². The van der Waals surface area contributed by atoms with Gasteiger partial charge in [-0.25, -0.2) is 0 Å². The molecule has 1 aliphatic carbocycles. The molecular weight excluding hydrogens is 295 g/mol. The summed E-state index contributed by atoms with van der Waals surface area (Å²) >= 11 is 0. The van der Waals surface area contributed by atoms with E-state index in [1.54, 1.807) is 0 Å². The van der Waals surface area contributed by atoms with Gasteiger partial charge in [0.15, 0.2) is 0 Å². The smallest absolute Gasteiger partial charge is 0.394 e. The van der Waals surface area contributed by atoms with Crippen molar-refractivity contribution in [3.63, 3.8) is 0 Å². The van der Waals surface area contributed by atoms with E-state index in [4.69, 9.17) is 0 Å². The first-order valence-electron chi connectivity index (χ1n) is 7.39. The summed E-state index contributed by atoms with van der Waals surface area (Å²) in [5.41, 5.74) is -0.459. The number of alkyl halides is 3. The van der Waals surface area contributed by atoms with E-state index in [1.165, 1.54) is 12.1 Å². The molecule has 1 aromatic carbocycles. The third-order valence-electron chi connectivity index (χ3n) is 4.17. The van der Waals surface area contributed by atoms with Crippen molar-refractivity contribution in [3.05, 3.63) is 35.4 Å². The summed E-state index contributed by atoms with van der Waals surface area (Å²) in [5, 5.41) is 12.1. The van der Waals surface area contributed by atoms with Gasteiger partial charge in [0.2, 0.25) is 5.91 Å². The molecule has 0 aromatic heterocycles. The number of carbonyl (C=O) groups is 1. The summed E-state index contributed by atoms with van der Waals surface area (Å²) in [7, 11) is 0. The van der Waals surface area contributed by atoms with Gasteiger partial charge in [-0.2, -0.15) is 13.2 Å². The Morgan fingerprint density at radius 3 is 2.32 bits per heavy atom. The lowest BCUT2D eigenvalue weighted by Gasteiger charge is -2.20. The second-order valence-electron chi connectivity index (χ2n) is 5.93. The van der Waals surface area contributed by atoms with Crippen LogP contribution in [-0.4, -0.2) is 23.2 Å². The van der Waals surface area contributed by atoms with Gasteiger partial charge in [0.1, 0.15) is 0 Å². The minimum absolute atomic E-state index is 0.0740. The predicted octanol–water partition coefficient (Wildman–Crippen LogP) is 2.92. The summed E-state index contributed by atoms with van der Waals surface area (Å²) in [4.78, 5) is 12.2. The Bertz CT molecular complexity index is 521. The van der Waals surface area contributed by atoms with Crippen LogP contribution in [0.25, 0.3) is 0 Å². The highest BCUT2D eigenvalue weighted by Crippen LogP contribution is 2.35. The maximum atomic E-state index is 12.5. The van der Waals surface area contributed by atoms with Gasteiger partial charge >= 0.3 is 6.18 Å². The van der Waals surface area contributed by atoms with E-state index in [2.05, 4.69) is 5.32 Å². The molecule has 1 amide bonds. The fourth-order valence-corrected chi connectivity index (χ4v) is 2.37. The highest BCUT2D eigenvalue weighted by molar-refractivity contribution is 5.80. The Balaban J connectivity index is 1.99. The third-order valence-corrected chi connectivity index (χ3v) is 4.17. The number of rotatable bonds is 6. The molecule has 2 N–H and O–H groups in total. The largest absolute Gasteiger partial charge is 0.416 e. The number of carbonyl (C=O) groups excluding carboxylic acids is 1. The van der Waals surface area contributed by atoms with Crippen molar-refractivity contribution in [1.82, 2.24) is 5.32 Å². The SMILES string of the molecule is CC[C@H](Cc1ccc(C(F)(F)F)cc1)C(=O)NC1(CO)CC1. The highest BCUT2D eigenvalue weighted by atomic mass is 19.4. The molecule has 2 rings (SSSR count). The molecule has 0 spiro atoms. The number of hydrogen-bond acceptors (Lipinski definition) is 2. The standard InChI is InChI=1S/C16H20F3NO2/c1-2-12(14(22)20-15(10-21)7-8-15)9-11-3-5-13(6-4-11)16(17,18)19/h3-6,12,21H,2,7-10H2,1H3,(H,20,22)/t12-/m1/s1. The molecule has 122 valence electrons. The molecule has 1 aliphatic rings. The van der Waals surface area contributed by atoms with Gasteiger partial charge in [-0.3, -0.25) is 4.79 Å². The van der Waals surface area contributed by atoms with Crippen LogP contribution in [0.5, 0.6) is 0 Å². The van der Waals surface area contributed by atoms with Crippen LogP contribution in [0.4, 0.5) is 13.2 Å². The minimum Gasteiger partial charge on any atom is -0.394 e. The van der Waals surface area contributed by atoms with E-state index in [9.17, 15) is 23.1 Å². The molecule has 1 fully saturated rings. The van der Waals surface area contributed by atoms with E-state index >= 15 is 0 Å². The maximum absolute atomic E-state index is 12.5. The normalized spacial score (nSPS) is 17.9. The van der Waals surface area contributed by atoms with E-state index in [0.717, 1.165) is 25.0 Å². The first-order valence-corrected chi connectivity index (χ1v) is 7.39. The lowest BCUT2D eigenvalue weighted by molar-refractivity contribution is -0.137. The monoisotopic (exact) mass is 315 g/mol. The van der Waals surface area contributed by atoms with Crippen molar-refractivity contribution in [3.8, 4) is 0 Å². The average molecular weight is 315 g/mol. The lowest BCUT2D eigenvalue weighted by Crippen LogP contribution is -2.43. The predicted molar refractivity (Wildman–Crippen MR) is 76.1 cm³/mol. The molecule has 0 bridgehead atoms. The van der Waals surface area contributed by atoms with Crippen LogP contribution in [0.15, 0.2) is 24.3 Å². The van der Waals surface area contributed by atoms with Crippen LogP contribution >= 0.6 is 0 Å². The van der Waals surface area contributed by atoms with Crippen molar-refractivity contribution < 1.29 is 23.1 Å². The first-order chi connectivity index (χ1) is 10.3. The number of halogens is 3. The molecule has 0 unspecified atom stereocenters. The number of amides is 1. The number of hydrogen-bond donors (Lipinski definition) is 2. The van der Waals surface area contributed by atoms with E-state index < -0.39 is 17.3 Å². The summed E-state index contributed by atoms with van der Waals surface area (Å²) in [6.45, 7) is 1.79. The molecule has 0 heterocycles. The Morgan fingerprint density at radius 2 is 1.91 bits per heavy atom. The third kappa shape index (κ3) is 4.00. The molecule has 0 radical (unpaired) electrons. The van der Waals surface area contributed by atoms with Gasteiger partial charge in [0.05, 0.1) is 17.7 Å². The van der Waals surface area contributed by atoms with E-state index in [-0.39, 0.29) is 18.4 Å². The Hall–Kier alpha value is -1.56. The van der Waals surface area contributed by atoms with Crippen LogP contribution in [-0.2, 0) is 17.4 Å². The fraction of sp³-hybridized carbons (Fsp3) is 0.562. The number of aliphatic hydroxyl groups excluding tert-OH is 1. The van der Waals surface area contributed by atoms with Gasteiger partial charge in [-0.05, 0) is 43.4 Å². The number of benzene rings is 1. The topological polar surface area (TPSA) is 49.3 Å². The maximum Gasteiger partial charge on any atom is 0.416 e. The summed E-state index contributed by atoms with van der Waals surface area (Å²) in [6.07, 6.45) is -1.83. The summed E-state index contributed by atoms with van der Waals surface area (Å²) < 4.78 is 37.6. The van der Waals surface area contributed by atoms with Gasteiger partial charge < -0.3 is 10.4 Å². The zero-order chi connectivity index (χ0) is 16.4. The van der Waals surface area contributed by atoms with Crippen LogP contribution < -0.4 is 5.32 Å². The number of aliphatic hydroxyl groups is 1. The minimum atomic E-state index is -4.35. The quantitative estimate of drug-likeness (QED) is 0.848. The molecule has 0 aliphatic heterocycles. The van der Waals surface area contributed by atoms with Gasteiger partial charge in [-0.15, -0.1) is 0 Å². The molecule has 1 atom stereocenters. The second-order valence-corrected chi connectivity index (χ2v) is 5.93. The number of nitrogens with one attached hydrogen (secondary N) is 1. The zero-order valence-electron chi connectivity index (χ0n) is 12.4. The first kappa shape index (κ1) is 16.8. The molecular formula is C16H20F3NO2.